The number of pyridine rings is 1. The number of hydrogen-bond donors (Lipinski definition) is 1. The fourth-order valence-corrected chi connectivity index (χ4v) is 1.80. The third kappa shape index (κ3) is 1.84. The molecule has 0 bridgehead atoms. The van der Waals surface area contributed by atoms with Crippen molar-refractivity contribution in [2.75, 3.05) is 0 Å². The van der Waals surface area contributed by atoms with Crippen LogP contribution in [0.3, 0.4) is 0 Å². The Balaban J connectivity index is 2.38. The van der Waals surface area contributed by atoms with Gasteiger partial charge in [-0.3, -0.25) is 0 Å². The van der Waals surface area contributed by atoms with Crippen LogP contribution in [0.15, 0.2) is 12.1 Å². The summed E-state index contributed by atoms with van der Waals surface area (Å²) in [5.41, 5.74) is 2.55. The van der Waals surface area contributed by atoms with Gasteiger partial charge >= 0.3 is 0 Å². The molecule has 13 heavy (non-hydrogen) atoms. The fraction of sp³-hybridized carbons (Fsp3) is 0.500. The van der Waals surface area contributed by atoms with Gasteiger partial charge in [-0.15, -0.1) is 0 Å². The summed E-state index contributed by atoms with van der Waals surface area (Å²) in [7, 11) is 0. The SMILES string of the molecule is CC1(C)Cc2nc(Cl)ccc2CN1. The van der Waals surface area contributed by atoms with Crippen molar-refractivity contribution < 1.29 is 0 Å². The Morgan fingerprint density at radius 3 is 3.00 bits per heavy atom. The van der Waals surface area contributed by atoms with Crippen LogP contribution in [0.2, 0.25) is 5.15 Å². The zero-order chi connectivity index (χ0) is 9.47. The van der Waals surface area contributed by atoms with E-state index in [1.807, 2.05) is 12.1 Å². The molecule has 1 aromatic rings. The summed E-state index contributed by atoms with van der Waals surface area (Å²) in [5, 5.41) is 4.04. The van der Waals surface area contributed by atoms with Crippen LogP contribution in [0.1, 0.15) is 25.1 Å². The molecule has 2 rings (SSSR count). The third-order valence-corrected chi connectivity index (χ3v) is 2.61. The van der Waals surface area contributed by atoms with Gasteiger partial charge in [-0.25, -0.2) is 4.98 Å². The smallest absolute Gasteiger partial charge is 0.129 e. The van der Waals surface area contributed by atoms with Gasteiger partial charge in [0.05, 0.1) is 0 Å². The molecule has 3 heteroatoms. The maximum Gasteiger partial charge on any atom is 0.129 e. The zero-order valence-electron chi connectivity index (χ0n) is 7.89. The number of nitrogens with zero attached hydrogens (tertiary/aromatic N) is 1. The molecule has 1 aromatic heterocycles. The van der Waals surface area contributed by atoms with Crippen molar-refractivity contribution in [2.24, 2.45) is 0 Å². The zero-order valence-corrected chi connectivity index (χ0v) is 8.65. The van der Waals surface area contributed by atoms with Gasteiger partial charge in [-0.1, -0.05) is 17.7 Å². The number of rotatable bonds is 0. The number of fused-ring (bicyclic) bond motifs is 1. The monoisotopic (exact) mass is 196 g/mol. The lowest BCUT2D eigenvalue weighted by Gasteiger charge is -2.32. The second kappa shape index (κ2) is 2.96. The van der Waals surface area contributed by atoms with Crippen LogP contribution in [-0.4, -0.2) is 10.5 Å². The van der Waals surface area contributed by atoms with Crippen molar-refractivity contribution in [3.05, 3.63) is 28.5 Å². The number of aromatic nitrogens is 1. The van der Waals surface area contributed by atoms with Gasteiger partial charge in [0, 0.05) is 24.2 Å². The second-order valence-corrected chi connectivity index (χ2v) is 4.54. The van der Waals surface area contributed by atoms with Crippen LogP contribution in [0.4, 0.5) is 0 Å². The summed E-state index contributed by atoms with van der Waals surface area (Å²) in [5.74, 6) is 0. The molecule has 0 saturated heterocycles. The first-order valence-corrected chi connectivity index (χ1v) is 4.84. The molecule has 0 saturated carbocycles. The van der Waals surface area contributed by atoms with Crippen LogP contribution in [0, 0.1) is 0 Å². The number of nitrogens with one attached hydrogen (secondary N) is 1. The molecule has 2 nitrogen and oxygen atoms in total. The van der Waals surface area contributed by atoms with Crippen LogP contribution in [-0.2, 0) is 13.0 Å². The molecule has 0 atom stereocenters. The topological polar surface area (TPSA) is 24.9 Å². The highest BCUT2D eigenvalue weighted by molar-refractivity contribution is 6.29. The van der Waals surface area contributed by atoms with E-state index in [1.165, 1.54) is 5.56 Å². The van der Waals surface area contributed by atoms with Crippen LogP contribution in [0.5, 0.6) is 0 Å². The van der Waals surface area contributed by atoms with Gasteiger partial charge in [-0.2, -0.15) is 0 Å². The second-order valence-electron chi connectivity index (χ2n) is 4.15. The lowest BCUT2D eigenvalue weighted by molar-refractivity contribution is 0.357. The van der Waals surface area contributed by atoms with E-state index in [0.717, 1.165) is 18.7 Å². The summed E-state index contributed by atoms with van der Waals surface area (Å²) in [6.45, 7) is 5.25. The predicted octanol–water partition coefficient (Wildman–Crippen LogP) is 2.16. The van der Waals surface area contributed by atoms with E-state index in [1.54, 1.807) is 0 Å². The molecular formula is C10H13ClN2. The lowest BCUT2D eigenvalue weighted by Crippen LogP contribution is -2.44. The first-order valence-electron chi connectivity index (χ1n) is 4.46. The van der Waals surface area contributed by atoms with E-state index in [9.17, 15) is 0 Å². The summed E-state index contributed by atoms with van der Waals surface area (Å²) in [4.78, 5) is 4.33. The van der Waals surface area contributed by atoms with E-state index >= 15 is 0 Å². The van der Waals surface area contributed by atoms with E-state index in [0.29, 0.717) is 5.15 Å². The Hall–Kier alpha value is -0.600. The van der Waals surface area contributed by atoms with E-state index < -0.39 is 0 Å². The Morgan fingerprint density at radius 2 is 2.23 bits per heavy atom. The Morgan fingerprint density at radius 1 is 1.46 bits per heavy atom. The summed E-state index contributed by atoms with van der Waals surface area (Å²) >= 11 is 5.84. The first kappa shape index (κ1) is 8.97. The van der Waals surface area contributed by atoms with Crippen LogP contribution >= 0.6 is 11.6 Å². The van der Waals surface area contributed by atoms with Crippen molar-refractivity contribution in [2.45, 2.75) is 32.4 Å². The Labute approximate surface area is 83.3 Å². The quantitative estimate of drug-likeness (QED) is 0.644. The molecule has 1 aliphatic rings. The summed E-state index contributed by atoms with van der Waals surface area (Å²) in [6, 6.07) is 3.90. The van der Waals surface area contributed by atoms with Crippen LogP contribution in [0.25, 0.3) is 0 Å². The molecule has 1 N–H and O–H groups in total. The van der Waals surface area contributed by atoms with E-state index in [-0.39, 0.29) is 5.54 Å². The van der Waals surface area contributed by atoms with Gasteiger partial charge in [-0.05, 0) is 25.5 Å². The third-order valence-electron chi connectivity index (χ3n) is 2.40. The van der Waals surface area contributed by atoms with Gasteiger partial charge in [0.1, 0.15) is 5.15 Å². The van der Waals surface area contributed by atoms with Crippen molar-refractivity contribution in [3.63, 3.8) is 0 Å². The van der Waals surface area contributed by atoms with Gasteiger partial charge in [0.2, 0.25) is 0 Å². The molecule has 0 aromatic carbocycles. The first-order chi connectivity index (χ1) is 6.07. The van der Waals surface area contributed by atoms with E-state index in [2.05, 4.69) is 24.1 Å². The van der Waals surface area contributed by atoms with E-state index in [4.69, 9.17) is 11.6 Å². The highest BCUT2D eigenvalue weighted by atomic mass is 35.5. The molecule has 0 spiro atoms. The highest BCUT2D eigenvalue weighted by Gasteiger charge is 2.25. The predicted molar refractivity (Wildman–Crippen MR) is 53.9 cm³/mol. The lowest BCUT2D eigenvalue weighted by atomic mass is 9.91. The molecule has 0 fully saturated rings. The summed E-state index contributed by atoms with van der Waals surface area (Å²) in [6.07, 6.45) is 0.947. The maximum atomic E-state index is 5.84. The van der Waals surface area contributed by atoms with Crippen molar-refractivity contribution in [1.29, 1.82) is 0 Å². The maximum absolute atomic E-state index is 5.84. The van der Waals surface area contributed by atoms with Gasteiger partial charge < -0.3 is 5.32 Å². The molecule has 70 valence electrons. The summed E-state index contributed by atoms with van der Waals surface area (Å²) < 4.78 is 0. The molecule has 2 heterocycles. The molecule has 0 aliphatic carbocycles. The standard InChI is InChI=1S/C10H13ClN2/c1-10(2)5-8-7(6-12-10)3-4-9(11)13-8/h3-4,12H,5-6H2,1-2H3. The van der Waals surface area contributed by atoms with Gasteiger partial charge in [0.25, 0.3) is 0 Å². The average molecular weight is 197 g/mol. The normalized spacial score (nSPS) is 19.6. The number of halogens is 1. The van der Waals surface area contributed by atoms with Crippen molar-refractivity contribution >= 4 is 11.6 Å². The minimum Gasteiger partial charge on any atom is -0.307 e. The molecule has 0 unspecified atom stereocenters. The average Bonchev–Trinajstić information content (AvgIpc) is 2.01. The van der Waals surface area contributed by atoms with Crippen molar-refractivity contribution in [1.82, 2.24) is 10.3 Å². The Bertz CT molecular complexity index is 334. The molecular weight excluding hydrogens is 184 g/mol. The molecule has 0 amide bonds. The molecule has 0 radical (unpaired) electrons. The van der Waals surface area contributed by atoms with Crippen molar-refractivity contribution in [3.8, 4) is 0 Å². The van der Waals surface area contributed by atoms with Gasteiger partial charge in [0.15, 0.2) is 0 Å². The largest absolute Gasteiger partial charge is 0.307 e. The minimum atomic E-state index is 0.144. The van der Waals surface area contributed by atoms with Crippen LogP contribution < -0.4 is 5.32 Å². The minimum absolute atomic E-state index is 0.144. The number of hydrogen-bond acceptors (Lipinski definition) is 2. The fourth-order valence-electron chi connectivity index (χ4n) is 1.63. The molecule has 1 aliphatic heterocycles. The Kier molecular flexibility index (Phi) is 2.05. The highest BCUT2D eigenvalue weighted by Crippen LogP contribution is 2.22.